The Bertz CT molecular complexity index is 3140. The van der Waals surface area contributed by atoms with Gasteiger partial charge in [0.2, 0.25) is 0 Å². The Hall–Kier alpha value is -6.63. The summed E-state index contributed by atoms with van der Waals surface area (Å²) in [5.41, 5.74) is 7.86. The van der Waals surface area contributed by atoms with Crippen LogP contribution in [-0.4, -0.2) is 19.5 Å². The van der Waals surface area contributed by atoms with Gasteiger partial charge in [0.1, 0.15) is 11.2 Å². The lowest BCUT2D eigenvalue weighted by Crippen LogP contribution is -2.00. The van der Waals surface area contributed by atoms with Gasteiger partial charge in [-0.2, -0.15) is 0 Å². The maximum absolute atomic E-state index is 6.53. The summed E-state index contributed by atoms with van der Waals surface area (Å²) in [6.45, 7) is 0. The Morgan fingerprint density at radius 3 is 1.80 bits per heavy atom. The normalized spacial score (nSPS) is 11.9. The lowest BCUT2D eigenvalue weighted by atomic mass is 10.1. The number of thiophene rings is 1. The first-order valence-corrected chi connectivity index (χ1v) is 17.8. The van der Waals surface area contributed by atoms with Gasteiger partial charge in [-0.25, -0.2) is 15.0 Å². The van der Waals surface area contributed by atoms with Crippen molar-refractivity contribution in [2.45, 2.75) is 0 Å². The van der Waals surface area contributed by atoms with Gasteiger partial charge in [-0.05, 0) is 66.7 Å². The summed E-state index contributed by atoms with van der Waals surface area (Å²) in [6, 6.07) is 55.0. The predicted octanol–water partition coefficient (Wildman–Crippen LogP) is 12.2. The van der Waals surface area contributed by atoms with Crippen LogP contribution in [0.25, 0.3) is 104 Å². The molecule has 11 aromatic rings. The summed E-state index contributed by atoms with van der Waals surface area (Å²) in [5, 5.41) is 6.92. The van der Waals surface area contributed by atoms with E-state index in [0.29, 0.717) is 17.5 Å². The highest BCUT2D eigenvalue weighted by molar-refractivity contribution is 7.25. The van der Waals surface area contributed by atoms with Crippen LogP contribution in [-0.2, 0) is 0 Å². The van der Waals surface area contributed by atoms with Crippen molar-refractivity contribution in [3.8, 4) is 39.9 Å². The highest BCUT2D eigenvalue weighted by Crippen LogP contribution is 2.40. The number of para-hydroxylation sites is 2. The molecule has 0 saturated heterocycles. The van der Waals surface area contributed by atoms with E-state index in [-0.39, 0.29) is 0 Å². The SMILES string of the molecule is c1ccc(-c2nc(-c3ccc4oc5cc6c(cc5c4c3)c3ccccc3n6-c3ccccc3)nc(-c3ccc4sc5ccccc5c4c3)n2)cc1. The van der Waals surface area contributed by atoms with Crippen molar-refractivity contribution in [2.24, 2.45) is 0 Å². The molecule has 238 valence electrons. The zero-order chi connectivity index (χ0) is 33.5. The Morgan fingerprint density at radius 2 is 1.00 bits per heavy atom. The number of hydrogen-bond acceptors (Lipinski definition) is 5. The van der Waals surface area contributed by atoms with Gasteiger partial charge in [-0.3, -0.25) is 0 Å². The maximum atomic E-state index is 6.53. The molecule has 11 rings (SSSR count). The predicted molar refractivity (Wildman–Crippen MR) is 211 cm³/mol. The first-order valence-electron chi connectivity index (χ1n) is 16.9. The van der Waals surface area contributed by atoms with Crippen LogP contribution in [0.1, 0.15) is 0 Å². The summed E-state index contributed by atoms with van der Waals surface area (Å²) < 4.78 is 11.4. The molecular weight excluding hydrogens is 645 g/mol. The minimum absolute atomic E-state index is 0.618. The molecule has 6 heteroatoms. The van der Waals surface area contributed by atoms with Crippen LogP contribution in [0.3, 0.4) is 0 Å². The number of hydrogen-bond donors (Lipinski definition) is 0. The topological polar surface area (TPSA) is 56.7 Å². The van der Waals surface area contributed by atoms with Crippen LogP contribution in [0.2, 0.25) is 0 Å². The van der Waals surface area contributed by atoms with E-state index in [4.69, 9.17) is 19.4 Å². The Kier molecular flexibility index (Phi) is 6.05. The number of rotatable bonds is 4. The number of aromatic nitrogens is 4. The molecule has 4 heterocycles. The van der Waals surface area contributed by atoms with Gasteiger partial charge in [0, 0.05) is 70.2 Å². The molecule has 0 N–H and O–H groups in total. The summed E-state index contributed by atoms with van der Waals surface area (Å²) in [4.78, 5) is 15.2. The molecule has 0 fully saturated rings. The van der Waals surface area contributed by atoms with E-state index in [1.165, 1.54) is 30.9 Å². The number of furan rings is 1. The average molecular weight is 671 g/mol. The van der Waals surface area contributed by atoms with Gasteiger partial charge in [0.05, 0.1) is 11.0 Å². The van der Waals surface area contributed by atoms with E-state index in [2.05, 4.69) is 120 Å². The second-order valence-electron chi connectivity index (χ2n) is 12.8. The van der Waals surface area contributed by atoms with Gasteiger partial charge in [0.15, 0.2) is 17.5 Å². The molecule has 0 aliphatic rings. The Labute approximate surface area is 295 Å². The number of nitrogens with zero attached hydrogens (tertiary/aromatic N) is 4. The van der Waals surface area contributed by atoms with Crippen LogP contribution in [0, 0.1) is 0 Å². The molecule has 51 heavy (non-hydrogen) atoms. The zero-order valence-corrected chi connectivity index (χ0v) is 27.9. The van der Waals surface area contributed by atoms with Crippen LogP contribution in [0.15, 0.2) is 162 Å². The third-order valence-corrected chi connectivity index (χ3v) is 11.0. The molecule has 0 aliphatic carbocycles. The quantitative estimate of drug-likeness (QED) is 0.187. The number of fused-ring (bicyclic) bond motifs is 9. The summed E-state index contributed by atoms with van der Waals surface area (Å²) >= 11 is 1.81. The van der Waals surface area contributed by atoms with Crippen molar-refractivity contribution in [1.82, 2.24) is 19.5 Å². The van der Waals surface area contributed by atoms with Crippen LogP contribution < -0.4 is 0 Å². The molecule has 0 unspecified atom stereocenters. The van der Waals surface area contributed by atoms with Crippen molar-refractivity contribution in [1.29, 1.82) is 0 Å². The second kappa shape index (κ2) is 10.9. The molecular formula is C45H26N4OS. The van der Waals surface area contributed by atoms with E-state index in [1.807, 2.05) is 42.5 Å². The van der Waals surface area contributed by atoms with E-state index < -0.39 is 0 Å². The van der Waals surface area contributed by atoms with Crippen molar-refractivity contribution in [2.75, 3.05) is 0 Å². The van der Waals surface area contributed by atoms with E-state index in [9.17, 15) is 0 Å². The summed E-state index contributed by atoms with van der Waals surface area (Å²) in [6.07, 6.45) is 0. The lowest BCUT2D eigenvalue weighted by Gasteiger charge is -2.09. The van der Waals surface area contributed by atoms with Gasteiger partial charge in [-0.1, -0.05) is 84.9 Å². The third-order valence-electron chi connectivity index (χ3n) is 9.84. The van der Waals surface area contributed by atoms with Gasteiger partial charge in [-0.15, -0.1) is 11.3 Å². The first-order chi connectivity index (χ1) is 25.2. The minimum atomic E-state index is 0.618. The molecule has 0 spiro atoms. The highest BCUT2D eigenvalue weighted by Gasteiger charge is 2.19. The molecule has 0 atom stereocenters. The zero-order valence-electron chi connectivity index (χ0n) is 27.1. The standard InChI is InChI=1S/C45H26N4OS/c1-3-11-27(12-4-1)43-46-44(48-45(47-43)29-20-22-42-36(24-29)32-16-8-10-18-41(32)51-42)28-19-21-39-34(23-28)35-25-33-31-15-7-9-17-37(31)49(30-13-5-2-6-14-30)38(33)26-40(35)50-39/h1-26H. The fraction of sp³-hybridized carbons (Fsp3) is 0. The van der Waals surface area contributed by atoms with E-state index in [0.717, 1.165) is 55.3 Å². The Balaban J connectivity index is 1.11. The molecule has 0 bridgehead atoms. The first kappa shape index (κ1) is 28.2. The van der Waals surface area contributed by atoms with Crippen LogP contribution in [0.4, 0.5) is 0 Å². The van der Waals surface area contributed by atoms with E-state index >= 15 is 0 Å². The van der Waals surface area contributed by atoms with Gasteiger partial charge < -0.3 is 8.98 Å². The molecule has 0 saturated carbocycles. The van der Waals surface area contributed by atoms with Gasteiger partial charge >= 0.3 is 0 Å². The molecule has 5 nitrogen and oxygen atoms in total. The molecule has 7 aromatic carbocycles. The highest BCUT2D eigenvalue weighted by atomic mass is 32.1. The number of benzene rings is 7. The molecule has 0 aliphatic heterocycles. The molecule has 4 aromatic heterocycles. The minimum Gasteiger partial charge on any atom is -0.456 e. The maximum Gasteiger partial charge on any atom is 0.164 e. The third kappa shape index (κ3) is 4.43. The summed E-state index contributed by atoms with van der Waals surface area (Å²) in [7, 11) is 0. The van der Waals surface area contributed by atoms with Crippen LogP contribution >= 0.6 is 11.3 Å². The van der Waals surface area contributed by atoms with Gasteiger partial charge in [0.25, 0.3) is 0 Å². The lowest BCUT2D eigenvalue weighted by molar-refractivity contribution is 0.669. The summed E-state index contributed by atoms with van der Waals surface area (Å²) in [5.74, 6) is 1.90. The monoisotopic (exact) mass is 670 g/mol. The fourth-order valence-corrected chi connectivity index (χ4v) is 8.54. The molecule has 0 amide bonds. The van der Waals surface area contributed by atoms with Crippen molar-refractivity contribution >= 4 is 75.3 Å². The van der Waals surface area contributed by atoms with Crippen LogP contribution in [0.5, 0.6) is 0 Å². The Morgan fingerprint density at radius 1 is 0.392 bits per heavy atom. The largest absolute Gasteiger partial charge is 0.456 e. The average Bonchev–Trinajstić information content (AvgIpc) is 3.86. The van der Waals surface area contributed by atoms with E-state index in [1.54, 1.807) is 11.3 Å². The fourth-order valence-electron chi connectivity index (χ4n) is 7.45. The van der Waals surface area contributed by atoms with Crippen molar-refractivity contribution in [3.05, 3.63) is 158 Å². The second-order valence-corrected chi connectivity index (χ2v) is 13.9. The smallest absolute Gasteiger partial charge is 0.164 e. The molecule has 0 radical (unpaired) electrons. The van der Waals surface area contributed by atoms with Crippen molar-refractivity contribution in [3.63, 3.8) is 0 Å². The van der Waals surface area contributed by atoms with Crippen molar-refractivity contribution < 1.29 is 4.42 Å².